The second-order valence-electron chi connectivity index (χ2n) is 13.8. The average molecular weight is 856 g/mol. The van der Waals surface area contributed by atoms with Gasteiger partial charge < -0.3 is 74.0 Å². The fraction of sp³-hybridized carbons (Fsp3) is 0.378. The lowest BCUT2D eigenvalue weighted by atomic mass is 10.0. The van der Waals surface area contributed by atoms with Crippen molar-refractivity contribution in [3.8, 4) is 16.9 Å². The summed E-state index contributed by atoms with van der Waals surface area (Å²) in [5, 5.41) is 0.712. The minimum Gasteiger partial charge on any atom is -1.00 e. The molecule has 5 rings (SSSR count). The first-order valence-electron chi connectivity index (χ1n) is 15.7. The second-order valence-corrected chi connectivity index (χ2v) is 14.2. The number of oxazole rings is 1. The van der Waals surface area contributed by atoms with Crippen LogP contribution in [0.2, 0.25) is 5.02 Å². The van der Waals surface area contributed by atoms with Gasteiger partial charge >= 0.3 is 5.89 Å². The van der Waals surface area contributed by atoms with Crippen LogP contribution in [0.25, 0.3) is 28.3 Å². The van der Waals surface area contributed by atoms with Crippen LogP contribution >= 0.6 is 11.6 Å². The van der Waals surface area contributed by atoms with Crippen molar-refractivity contribution >= 4 is 34.5 Å². The fourth-order valence-electron chi connectivity index (χ4n) is 5.63. The van der Waals surface area contributed by atoms with E-state index in [9.17, 15) is 0 Å². The monoisotopic (exact) mass is 852 g/mol. The van der Waals surface area contributed by atoms with E-state index in [1.807, 2.05) is 18.2 Å². The smallest absolute Gasteiger partial charge is 0.374 e. The number of anilines is 1. The van der Waals surface area contributed by atoms with Crippen LogP contribution in [0.3, 0.4) is 0 Å². The highest BCUT2D eigenvalue weighted by Gasteiger charge is 2.28. The molecule has 3 aromatic carbocycles. The standard InChI is InChI=1S/C37H48ClN4O2.3BrH/c1-8-28(25-37-40(21-13-23-42(5,6)7)33-27-31(38)17-19-35(33)44-37)24-36-39(20-12-22-41(2,3)4)32-26-30(16-18-34(32)43-36)29-14-10-9-11-15-29;;;/h9-11,14-19,24-27H,8,12-13,20-23H2,1-7H3;3*1H/q+3;;;/p-3. The third kappa shape index (κ3) is 10.9. The molecule has 4 aromatic rings. The van der Waals surface area contributed by atoms with Crippen molar-refractivity contribution in [2.75, 3.05) is 66.8 Å². The molecule has 2 heterocycles. The third-order valence-electron chi connectivity index (χ3n) is 7.98. The Morgan fingerprint density at radius 1 is 0.830 bits per heavy atom. The summed E-state index contributed by atoms with van der Waals surface area (Å²) in [6.07, 6.45) is 7.26. The number of aromatic nitrogens is 1. The maximum atomic E-state index is 6.55. The van der Waals surface area contributed by atoms with Gasteiger partial charge in [-0.25, -0.2) is 0 Å². The van der Waals surface area contributed by atoms with Crippen LogP contribution < -0.4 is 65.1 Å². The lowest BCUT2D eigenvalue weighted by Crippen LogP contribution is -3.00. The molecule has 0 atom stereocenters. The van der Waals surface area contributed by atoms with Gasteiger partial charge in [0.25, 0.3) is 5.52 Å². The Morgan fingerprint density at radius 3 is 2.17 bits per heavy atom. The number of ether oxygens (including phenoxy) is 1. The highest BCUT2D eigenvalue weighted by Crippen LogP contribution is 2.42. The van der Waals surface area contributed by atoms with Crippen molar-refractivity contribution in [1.82, 2.24) is 0 Å². The van der Waals surface area contributed by atoms with Crippen LogP contribution in [-0.2, 0) is 6.54 Å². The Morgan fingerprint density at radius 2 is 1.51 bits per heavy atom. The van der Waals surface area contributed by atoms with Crippen LogP contribution in [0.4, 0.5) is 5.69 Å². The molecule has 0 aliphatic carbocycles. The Labute approximate surface area is 317 Å². The number of allylic oxidation sites excluding steroid dienone is 2. The number of benzene rings is 3. The van der Waals surface area contributed by atoms with E-state index in [-0.39, 0.29) is 50.9 Å². The minimum absolute atomic E-state index is 0. The zero-order chi connectivity index (χ0) is 31.5. The van der Waals surface area contributed by atoms with Crippen molar-refractivity contribution in [1.29, 1.82) is 0 Å². The number of halogens is 4. The van der Waals surface area contributed by atoms with Crippen LogP contribution in [0.5, 0.6) is 5.75 Å². The summed E-state index contributed by atoms with van der Waals surface area (Å²) in [4.78, 5) is 2.34. The van der Waals surface area contributed by atoms with E-state index in [1.54, 1.807) is 0 Å². The summed E-state index contributed by atoms with van der Waals surface area (Å²) in [7, 11) is 13.4. The molecule has 0 radical (unpaired) electrons. The van der Waals surface area contributed by atoms with Crippen LogP contribution in [0.1, 0.15) is 32.1 Å². The molecule has 0 saturated heterocycles. The number of quaternary nitrogens is 2. The predicted octanol–water partition coefficient (Wildman–Crippen LogP) is -1.22. The molecule has 256 valence electrons. The zero-order valence-electron chi connectivity index (χ0n) is 28.6. The highest BCUT2D eigenvalue weighted by atomic mass is 79.9. The molecule has 0 fully saturated rings. The largest absolute Gasteiger partial charge is 1.00 e. The summed E-state index contributed by atoms with van der Waals surface area (Å²) < 4.78 is 17.1. The summed E-state index contributed by atoms with van der Waals surface area (Å²) in [6.45, 7) is 6.04. The molecular weight excluding hydrogens is 808 g/mol. The average Bonchev–Trinajstić information content (AvgIpc) is 3.48. The Bertz CT molecular complexity index is 1670. The maximum Gasteiger partial charge on any atom is 0.374 e. The minimum atomic E-state index is 0. The van der Waals surface area contributed by atoms with Crippen molar-refractivity contribution in [3.05, 3.63) is 95.2 Å². The molecule has 0 bridgehead atoms. The second kappa shape index (κ2) is 17.5. The molecule has 0 N–H and O–H groups in total. The molecule has 0 saturated carbocycles. The van der Waals surface area contributed by atoms with Crippen LogP contribution in [-0.4, -0.2) is 70.9 Å². The molecule has 1 aliphatic rings. The van der Waals surface area contributed by atoms with Gasteiger partial charge in [-0.1, -0.05) is 54.9 Å². The van der Waals surface area contributed by atoms with Crippen LogP contribution in [0.15, 0.2) is 88.7 Å². The number of nitrogens with zero attached hydrogens (tertiary/aromatic N) is 4. The van der Waals surface area contributed by atoms with Crippen molar-refractivity contribution < 1.29 is 73.6 Å². The quantitative estimate of drug-likeness (QED) is 0.133. The van der Waals surface area contributed by atoms with Crippen molar-refractivity contribution in [3.63, 3.8) is 0 Å². The van der Waals surface area contributed by atoms with Crippen molar-refractivity contribution in [2.45, 2.75) is 32.7 Å². The van der Waals surface area contributed by atoms with Gasteiger partial charge in [0.1, 0.15) is 0 Å². The number of hydrogen-bond donors (Lipinski definition) is 0. The van der Waals surface area contributed by atoms with E-state index in [1.165, 1.54) is 11.1 Å². The highest BCUT2D eigenvalue weighted by molar-refractivity contribution is 6.31. The predicted molar refractivity (Wildman–Crippen MR) is 183 cm³/mol. The van der Waals surface area contributed by atoms with E-state index >= 15 is 0 Å². The van der Waals surface area contributed by atoms with E-state index in [2.05, 4.69) is 119 Å². The lowest BCUT2D eigenvalue weighted by Gasteiger charge is -2.26. The van der Waals surface area contributed by atoms with Gasteiger partial charge in [-0.05, 0) is 47.4 Å². The molecule has 47 heavy (non-hydrogen) atoms. The number of fused-ring (bicyclic) bond motifs is 2. The number of aryl methyl sites for hydroxylation is 1. The molecule has 0 unspecified atom stereocenters. The summed E-state index contributed by atoms with van der Waals surface area (Å²) in [5.41, 5.74) is 6.50. The molecule has 6 nitrogen and oxygen atoms in total. The summed E-state index contributed by atoms with van der Waals surface area (Å²) in [6, 6.07) is 22.9. The van der Waals surface area contributed by atoms with Gasteiger partial charge in [0.15, 0.2) is 12.3 Å². The van der Waals surface area contributed by atoms with E-state index in [0.717, 1.165) is 94.3 Å². The molecule has 0 spiro atoms. The summed E-state index contributed by atoms with van der Waals surface area (Å²) in [5.74, 6) is 2.58. The normalized spacial score (nSPS) is 13.9. The van der Waals surface area contributed by atoms with Gasteiger partial charge in [-0.15, -0.1) is 0 Å². The Hall–Kier alpha value is -2.14. The van der Waals surface area contributed by atoms with E-state index in [0.29, 0.717) is 5.02 Å². The first-order valence-corrected chi connectivity index (χ1v) is 16.1. The molecular formula is C37H48Br3ClN4O2. The van der Waals surface area contributed by atoms with Gasteiger partial charge in [0.2, 0.25) is 11.5 Å². The molecule has 0 amide bonds. The Balaban J connectivity index is 0.00000256. The maximum absolute atomic E-state index is 6.55. The van der Waals surface area contributed by atoms with Gasteiger partial charge in [-0.3, -0.25) is 0 Å². The SMILES string of the molecule is CCC(=Cc1oc2ccc(Cl)cc2[n+]1CCC[N+](C)(C)C)C=C1Oc2ccc(-c3ccccc3)cc2N1CCC[N+](C)(C)C.[Br-].[Br-].[Br-]. The lowest BCUT2D eigenvalue weighted by molar-refractivity contribution is -0.873. The Kier molecular flexibility index (Phi) is 15.3. The van der Waals surface area contributed by atoms with E-state index in [4.69, 9.17) is 20.8 Å². The first-order chi connectivity index (χ1) is 20.9. The number of rotatable bonds is 12. The zero-order valence-corrected chi connectivity index (χ0v) is 34.1. The first kappa shape index (κ1) is 41.0. The van der Waals surface area contributed by atoms with Crippen molar-refractivity contribution in [2.24, 2.45) is 0 Å². The topological polar surface area (TPSA) is 29.5 Å². The summed E-state index contributed by atoms with van der Waals surface area (Å²) >= 11 is 6.43. The molecule has 10 heteroatoms. The molecule has 1 aromatic heterocycles. The van der Waals surface area contributed by atoms with Gasteiger partial charge in [0.05, 0.1) is 73.6 Å². The van der Waals surface area contributed by atoms with Gasteiger partial charge in [-0.2, -0.15) is 4.57 Å². The number of hydrogen-bond acceptors (Lipinski definition) is 3. The van der Waals surface area contributed by atoms with Gasteiger partial charge in [0, 0.05) is 30.1 Å². The molecule has 1 aliphatic heterocycles. The third-order valence-corrected chi connectivity index (χ3v) is 8.21. The fourth-order valence-corrected chi connectivity index (χ4v) is 5.80. The van der Waals surface area contributed by atoms with E-state index < -0.39 is 0 Å². The van der Waals surface area contributed by atoms with Crippen LogP contribution in [0, 0.1) is 0 Å².